The molecule has 86 valence electrons. The molecule has 0 N–H and O–H groups in total. The summed E-state index contributed by atoms with van der Waals surface area (Å²) >= 11 is 5.26. The Morgan fingerprint density at radius 2 is 1.76 bits per heavy atom. The predicted octanol–water partition coefficient (Wildman–Crippen LogP) is 4.42. The van der Waals surface area contributed by atoms with E-state index in [9.17, 15) is 9.18 Å². The van der Waals surface area contributed by atoms with E-state index < -0.39 is 5.82 Å². The first-order valence-electron chi connectivity index (χ1n) is 4.84. The summed E-state index contributed by atoms with van der Waals surface area (Å²) in [7, 11) is 0. The van der Waals surface area contributed by atoms with Gasteiger partial charge in [-0.3, -0.25) is 4.79 Å². The zero-order valence-corrected chi connectivity index (χ0v) is 12.3. The molecule has 0 unspecified atom stereocenters. The summed E-state index contributed by atoms with van der Waals surface area (Å²) in [5, 5.41) is 0. The Kier molecular flexibility index (Phi) is 3.93. The summed E-state index contributed by atoms with van der Waals surface area (Å²) in [6.07, 6.45) is 0. The lowest BCUT2D eigenvalue weighted by atomic mass is 10.0. The highest BCUT2D eigenvalue weighted by Crippen LogP contribution is 2.23. The Morgan fingerprint density at radius 1 is 1.12 bits per heavy atom. The van der Waals surface area contributed by atoms with E-state index in [1.165, 1.54) is 12.1 Å². The van der Waals surface area contributed by atoms with Gasteiger partial charge in [0.15, 0.2) is 5.78 Å². The first-order chi connectivity index (χ1) is 8.09. The quantitative estimate of drug-likeness (QED) is 0.534. The predicted molar refractivity (Wildman–Crippen MR) is 76.7 cm³/mol. The monoisotopic (exact) mass is 404 g/mol. The zero-order valence-electron chi connectivity index (χ0n) is 8.58. The SMILES string of the molecule is O=C(c1ccc(I)cc1)c1cccc(F)c1Br. The summed E-state index contributed by atoms with van der Waals surface area (Å²) in [5.74, 6) is -0.617. The molecule has 1 nitrogen and oxygen atoms in total. The summed E-state index contributed by atoms with van der Waals surface area (Å²) in [5.41, 5.74) is 0.892. The first-order valence-corrected chi connectivity index (χ1v) is 6.71. The van der Waals surface area contributed by atoms with Gasteiger partial charge in [-0.1, -0.05) is 6.07 Å². The minimum absolute atomic E-state index is 0.187. The molecule has 2 aromatic carbocycles. The highest BCUT2D eigenvalue weighted by molar-refractivity contribution is 14.1. The Morgan fingerprint density at radius 3 is 2.41 bits per heavy atom. The third-order valence-electron chi connectivity index (χ3n) is 2.30. The van der Waals surface area contributed by atoms with Gasteiger partial charge in [0.05, 0.1) is 4.47 Å². The van der Waals surface area contributed by atoms with E-state index in [0.29, 0.717) is 11.1 Å². The van der Waals surface area contributed by atoms with Crippen molar-refractivity contribution in [3.63, 3.8) is 0 Å². The molecule has 0 amide bonds. The smallest absolute Gasteiger partial charge is 0.194 e. The van der Waals surface area contributed by atoms with Crippen LogP contribution in [0.1, 0.15) is 15.9 Å². The fourth-order valence-electron chi connectivity index (χ4n) is 1.44. The summed E-state index contributed by atoms with van der Waals surface area (Å²) < 4.78 is 14.6. The lowest BCUT2D eigenvalue weighted by molar-refractivity contribution is 0.103. The molecule has 0 spiro atoms. The topological polar surface area (TPSA) is 17.1 Å². The van der Waals surface area contributed by atoms with Crippen LogP contribution in [-0.4, -0.2) is 5.78 Å². The van der Waals surface area contributed by atoms with Crippen LogP contribution in [0, 0.1) is 9.39 Å². The largest absolute Gasteiger partial charge is 0.289 e. The zero-order chi connectivity index (χ0) is 12.4. The summed E-state index contributed by atoms with van der Waals surface area (Å²) in [6, 6.07) is 11.6. The first kappa shape index (κ1) is 12.7. The third-order valence-corrected chi connectivity index (χ3v) is 3.83. The second-order valence-corrected chi connectivity index (χ2v) is 5.48. The normalized spacial score (nSPS) is 10.3. The van der Waals surface area contributed by atoms with Gasteiger partial charge in [0.25, 0.3) is 0 Å². The van der Waals surface area contributed by atoms with Crippen LogP contribution in [0.4, 0.5) is 4.39 Å². The molecule has 0 bridgehead atoms. The highest BCUT2D eigenvalue weighted by atomic mass is 127. The average molecular weight is 405 g/mol. The van der Waals surface area contributed by atoms with Crippen LogP contribution in [0.5, 0.6) is 0 Å². The molecule has 0 atom stereocenters. The van der Waals surface area contributed by atoms with Gasteiger partial charge in [-0.2, -0.15) is 0 Å². The molecule has 0 saturated heterocycles. The molecule has 0 radical (unpaired) electrons. The molecule has 0 saturated carbocycles. The lowest BCUT2D eigenvalue weighted by Crippen LogP contribution is -2.03. The van der Waals surface area contributed by atoms with Crippen molar-refractivity contribution in [1.29, 1.82) is 0 Å². The van der Waals surface area contributed by atoms with Crippen molar-refractivity contribution in [1.82, 2.24) is 0 Å². The number of ketones is 1. The van der Waals surface area contributed by atoms with Gasteiger partial charge in [0, 0.05) is 14.7 Å². The maximum atomic E-state index is 13.3. The molecule has 4 heteroatoms. The van der Waals surface area contributed by atoms with E-state index >= 15 is 0 Å². The van der Waals surface area contributed by atoms with Crippen molar-refractivity contribution in [3.8, 4) is 0 Å². The molecule has 2 rings (SSSR count). The standard InChI is InChI=1S/C13H7BrFIO/c14-12-10(2-1-3-11(12)15)13(17)8-4-6-9(16)7-5-8/h1-7H. The number of rotatable bonds is 2. The number of benzene rings is 2. The molecule has 0 fully saturated rings. The molecule has 0 aromatic heterocycles. The van der Waals surface area contributed by atoms with E-state index in [1.807, 2.05) is 12.1 Å². The minimum atomic E-state index is -0.429. The van der Waals surface area contributed by atoms with Crippen LogP contribution < -0.4 is 0 Å². The number of carbonyl (C=O) groups excluding carboxylic acids is 1. The van der Waals surface area contributed by atoms with Crippen LogP contribution in [0.15, 0.2) is 46.9 Å². The molecule has 2 aromatic rings. The molecule has 0 aliphatic carbocycles. The van der Waals surface area contributed by atoms with Crippen LogP contribution >= 0.6 is 38.5 Å². The molecule has 0 aliphatic rings. The Bertz CT molecular complexity index is 566. The van der Waals surface area contributed by atoms with Gasteiger partial charge < -0.3 is 0 Å². The van der Waals surface area contributed by atoms with Crippen LogP contribution in [-0.2, 0) is 0 Å². The van der Waals surface area contributed by atoms with Crippen LogP contribution in [0.3, 0.4) is 0 Å². The Hall–Kier alpha value is -0.750. The Labute approximate surface area is 120 Å². The van der Waals surface area contributed by atoms with Gasteiger partial charge in [-0.05, 0) is 74.9 Å². The molecular formula is C13H7BrFIO. The van der Waals surface area contributed by atoms with Crippen LogP contribution in [0.2, 0.25) is 0 Å². The molecular weight excluding hydrogens is 398 g/mol. The maximum Gasteiger partial charge on any atom is 0.194 e. The molecule has 0 heterocycles. The Balaban J connectivity index is 2.44. The molecule has 17 heavy (non-hydrogen) atoms. The highest BCUT2D eigenvalue weighted by Gasteiger charge is 2.14. The van der Waals surface area contributed by atoms with Gasteiger partial charge in [0.2, 0.25) is 0 Å². The van der Waals surface area contributed by atoms with E-state index in [1.54, 1.807) is 18.2 Å². The van der Waals surface area contributed by atoms with Crippen molar-refractivity contribution in [3.05, 3.63) is 67.5 Å². The summed E-state index contributed by atoms with van der Waals surface area (Å²) in [4.78, 5) is 12.1. The van der Waals surface area contributed by atoms with Crippen molar-refractivity contribution < 1.29 is 9.18 Å². The van der Waals surface area contributed by atoms with Gasteiger partial charge >= 0.3 is 0 Å². The van der Waals surface area contributed by atoms with E-state index in [-0.39, 0.29) is 10.3 Å². The minimum Gasteiger partial charge on any atom is -0.289 e. The van der Waals surface area contributed by atoms with E-state index in [0.717, 1.165) is 3.57 Å². The van der Waals surface area contributed by atoms with Crippen molar-refractivity contribution in [2.24, 2.45) is 0 Å². The maximum absolute atomic E-state index is 13.3. The van der Waals surface area contributed by atoms with E-state index in [4.69, 9.17) is 0 Å². The van der Waals surface area contributed by atoms with Gasteiger partial charge in [-0.25, -0.2) is 4.39 Å². The van der Waals surface area contributed by atoms with Gasteiger partial charge in [0.1, 0.15) is 5.82 Å². The van der Waals surface area contributed by atoms with Crippen molar-refractivity contribution in [2.75, 3.05) is 0 Å². The number of halogens is 3. The van der Waals surface area contributed by atoms with E-state index in [2.05, 4.69) is 38.5 Å². The third kappa shape index (κ3) is 2.74. The second kappa shape index (κ2) is 5.27. The number of hydrogen-bond donors (Lipinski definition) is 0. The number of hydrogen-bond acceptors (Lipinski definition) is 1. The average Bonchev–Trinajstić information content (AvgIpc) is 2.33. The van der Waals surface area contributed by atoms with Gasteiger partial charge in [-0.15, -0.1) is 0 Å². The fraction of sp³-hybridized carbons (Fsp3) is 0. The summed E-state index contributed by atoms with van der Waals surface area (Å²) in [6.45, 7) is 0. The second-order valence-electron chi connectivity index (χ2n) is 3.44. The van der Waals surface area contributed by atoms with Crippen molar-refractivity contribution >= 4 is 44.3 Å². The van der Waals surface area contributed by atoms with Crippen LogP contribution in [0.25, 0.3) is 0 Å². The fourth-order valence-corrected chi connectivity index (χ4v) is 2.24. The number of carbonyl (C=O) groups is 1. The van der Waals surface area contributed by atoms with Crippen molar-refractivity contribution in [2.45, 2.75) is 0 Å². The molecule has 0 aliphatic heterocycles. The lowest BCUT2D eigenvalue weighted by Gasteiger charge is -2.04.